The molecule has 0 bridgehead atoms. The Balaban J connectivity index is 1.43. The molecule has 132 valence electrons. The summed E-state index contributed by atoms with van der Waals surface area (Å²) in [5, 5.41) is 0. The van der Waals surface area contributed by atoms with E-state index in [4.69, 9.17) is 8.83 Å². The van der Waals surface area contributed by atoms with Gasteiger partial charge in [-0.25, -0.2) is 0 Å². The van der Waals surface area contributed by atoms with E-state index in [1.165, 1.54) is 0 Å². The van der Waals surface area contributed by atoms with Gasteiger partial charge in [0.05, 0.1) is 0 Å². The molecule has 0 amide bonds. The van der Waals surface area contributed by atoms with Gasteiger partial charge in [0.2, 0.25) is 0 Å². The minimum Gasteiger partial charge on any atom is -0.423 e. The summed E-state index contributed by atoms with van der Waals surface area (Å²) in [6, 6.07) is 17.6. The van der Waals surface area contributed by atoms with Gasteiger partial charge in [0.1, 0.15) is 11.0 Å². The maximum absolute atomic E-state index is 5.97. The summed E-state index contributed by atoms with van der Waals surface area (Å²) in [5.74, 6) is 0. The van der Waals surface area contributed by atoms with Gasteiger partial charge in [-0.1, -0.05) is 24.3 Å². The predicted octanol–water partition coefficient (Wildman–Crippen LogP) is 4.07. The molecule has 0 radical (unpaired) electrons. The highest BCUT2D eigenvalue weighted by Gasteiger charge is 2.34. The number of benzene rings is 2. The van der Waals surface area contributed by atoms with Crippen molar-refractivity contribution < 1.29 is 8.83 Å². The SMILES string of the molecule is C[C@@H]1CN(c2nc3ccccc3o2)[C@H](C)CN1c1nc2ccccc2o1. The van der Waals surface area contributed by atoms with Gasteiger partial charge in [0.25, 0.3) is 12.0 Å². The third kappa shape index (κ3) is 2.41. The molecule has 0 N–H and O–H groups in total. The lowest BCUT2D eigenvalue weighted by Crippen LogP contribution is -2.57. The van der Waals surface area contributed by atoms with Crippen molar-refractivity contribution in [2.75, 3.05) is 22.9 Å². The second-order valence-electron chi connectivity index (χ2n) is 6.93. The van der Waals surface area contributed by atoms with Gasteiger partial charge < -0.3 is 18.6 Å². The fraction of sp³-hybridized carbons (Fsp3) is 0.300. The lowest BCUT2D eigenvalue weighted by Gasteiger charge is -2.42. The summed E-state index contributed by atoms with van der Waals surface area (Å²) in [6.45, 7) is 5.95. The first-order valence-corrected chi connectivity index (χ1v) is 8.93. The van der Waals surface area contributed by atoms with E-state index in [1.54, 1.807) is 0 Å². The van der Waals surface area contributed by atoms with Crippen LogP contribution in [-0.2, 0) is 0 Å². The van der Waals surface area contributed by atoms with Gasteiger partial charge in [-0.3, -0.25) is 0 Å². The monoisotopic (exact) mass is 348 g/mol. The fourth-order valence-electron chi connectivity index (χ4n) is 3.63. The molecule has 1 fully saturated rings. The zero-order valence-corrected chi connectivity index (χ0v) is 14.8. The Morgan fingerprint density at radius 3 is 1.58 bits per heavy atom. The summed E-state index contributed by atoms with van der Waals surface area (Å²) in [5.41, 5.74) is 3.43. The van der Waals surface area contributed by atoms with Crippen LogP contribution >= 0.6 is 0 Å². The lowest BCUT2D eigenvalue weighted by atomic mass is 10.1. The van der Waals surface area contributed by atoms with E-state index in [1.807, 2.05) is 48.5 Å². The maximum atomic E-state index is 5.97. The van der Waals surface area contributed by atoms with E-state index < -0.39 is 0 Å². The third-order valence-corrected chi connectivity index (χ3v) is 5.04. The predicted molar refractivity (Wildman–Crippen MR) is 102 cm³/mol. The topological polar surface area (TPSA) is 58.5 Å². The molecule has 2 aromatic heterocycles. The first kappa shape index (κ1) is 15.3. The number of anilines is 2. The number of hydrogen-bond acceptors (Lipinski definition) is 6. The molecular weight excluding hydrogens is 328 g/mol. The second kappa shape index (κ2) is 5.76. The second-order valence-corrected chi connectivity index (χ2v) is 6.93. The average molecular weight is 348 g/mol. The van der Waals surface area contributed by atoms with E-state index >= 15 is 0 Å². The van der Waals surface area contributed by atoms with E-state index in [0.717, 1.165) is 35.3 Å². The zero-order chi connectivity index (χ0) is 17.7. The molecule has 1 aliphatic rings. The van der Waals surface area contributed by atoms with Crippen molar-refractivity contribution in [3.63, 3.8) is 0 Å². The van der Waals surface area contributed by atoms with Gasteiger partial charge in [-0.05, 0) is 38.1 Å². The normalized spacial score (nSPS) is 21.0. The highest BCUT2D eigenvalue weighted by atomic mass is 16.4. The van der Waals surface area contributed by atoms with Crippen molar-refractivity contribution >= 4 is 34.2 Å². The molecule has 0 unspecified atom stereocenters. The largest absolute Gasteiger partial charge is 0.423 e. The first-order valence-electron chi connectivity index (χ1n) is 8.93. The smallest absolute Gasteiger partial charge is 0.298 e. The minimum atomic E-state index is 0.231. The summed E-state index contributed by atoms with van der Waals surface area (Å²) in [6.07, 6.45) is 0. The quantitative estimate of drug-likeness (QED) is 0.544. The molecule has 0 aliphatic carbocycles. The highest BCUT2D eigenvalue weighted by Crippen LogP contribution is 2.30. The van der Waals surface area contributed by atoms with E-state index in [9.17, 15) is 0 Å². The van der Waals surface area contributed by atoms with Gasteiger partial charge in [-0.15, -0.1) is 0 Å². The molecule has 4 aromatic rings. The van der Waals surface area contributed by atoms with Gasteiger partial charge in [0.15, 0.2) is 11.2 Å². The number of rotatable bonds is 2. The molecule has 1 saturated heterocycles. The number of piperazine rings is 1. The number of nitrogens with zero attached hydrogens (tertiary/aromatic N) is 4. The molecule has 1 aliphatic heterocycles. The molecule has 0 saturated carbocycles. The Hall–Kier alpha value is -3.02. The van der Waals surface area contributed by atoms with Crippen LogP contribution in [0.1, 0.15) is 13.8 Å². The molecule has 2 atom stereocenters. The van der Waals surface area contributed by atoms with Gasteiger partial charge in [0, 0.05) is 25.2 Å². The lowest BCUT2D eigenvalue weighted by molar-refractivity contribution is 0.417. The number of hydrogen-bond donors (Lipinski definition) is 0. The third-order valence-electron chi connectivity index (χ3n) is 5.04. The molecule has 6 heteroatoms. The van der Waals surface area contributed by atoms with Crippen LogP contribution in [0, 0.1) is 0 Å². The van der Waals surface area contributed by atoms with E-state index in [0.29, 0.717) is 12.0 Å². The maximum Gasteiger partial charge on any atom is 0.298 e. The molecule has 26 heavy (non-hydrogen) atoms. The Morgan fingerprint density at radius 1 is 0.731 bits per heavy atom. The van der Waals surface area contributed by atoms with Gasteiger partial charge >= 0.3 is 0 Å². The van der Waals surface area contributed by atoms with Crippen molar-refractivity contribution in [3.8, 4) is 0 Å². The summed E-state index contributed by atoms with van der Waals surface area (Å²) in [4.78, 5) is 13.8. The minimum absolute atomic E-state index is 0.231. The Labute approximate surface area is 151 Å². The van der Waals surface area contributed by atoms with Crippen molar-refractivity contribution in [1.29, 1.82) is 0 Å². The summed E-state index contributed by atoms with van der Waals surface area (Å²) >= 11 is 0. The van der Waals surface area contributed by atoms with Crippen LogP contribution in [0.3, 0.4) is 0 Å². The van der Waals surface area contributed by atoms with Gasteiger partial charge in [-0.2, -0.15) is 9.97 Å². The Kier molecular flexibility index (Phi) is 3.38. The van der Waals surface area contributed by atoms with E-state index in [2.05, 4.69) is 33.6 Å². The van der Waals surface area contributed by atoms with Crippen molar-refractivity contribution in [3.05, 3.63) is 48.5 Å². The molecule has 0 spiro atoms. The molecule has 3 heterocycles. The van der Waals surface area contributed by atoms with Crippen LogP contribution in [0.25, 0.3) is 22.2 Å². The fourth-order valence-corrected chi connectivity index (χ4v) is 3.63. The molecule has 2 aromatic carbocycles. The van der Waals surface area contributed by atoms with Crippen LogP contribution in [0.15, 0.2) is 57.4 Å². The van der Waals surface area contributed by atoms with Crippen LogP contribution in [0.5, 0.6) is 0 Å². The van der Waals surface area contributed by atoms with E-state index in [-0.39, 0.29) is 12.1 Å². The number of aromatic nitrogens is 2. The molecule has 5 rings (SSSR count). The number of para-hydroxylation sites is 4. The number of oxazole rings is 2. The standard InChI is InChI=1S/C20H20N4O2/c1-13-11-24(20-22-16-8-4-6-10-18(16)26-20)14(2)12-23(13)19-21-15-7-3-5-9-17(15)25-19/h3-10,13-14H,11-12H2,1-2H3/t13-,14-/m1/s1. The van der Waals surface area contributed by atoms with Crippen molar-refractivity contribution in [2.24, 2.45) is 0 Å². The van der Waals surface area contributed by atoms with Crippen LogP contribution in [0.4, 0.5) is 12.0 Å². The molecular formula is C20H20N4O2. The first-order chi connectivity index (χ1) is 12.7. The summed E-state index contributed by atoms with van der Waals surface area (Å²) < 4.78 is 11.9. The Morgan fingerprint density at radius 2 is 1.15 bits per heavy atom. The number of fused-ring (bicyclic) bond motifs is 2. The van der Waals surface area contributed by atoms with Crippen LogP contribution < -0.4 is 9.80 Å². The summed E-state index contributed by atoms with van der Waals surface area (Å²) in [7, 11) is 0. The average Bonchev–Trinajstić information content (AvgIpc) is 3.26. The zero-order valence-electron chi connectivity index (χ0n) is 14.8. The Bertz CT molecular complexity index is 918. The highest BCUT2D eigenvalue weighted by molar-refractivity contribution is 5.75. The van der Waals surface area contributed by atoms with Crippen molar-refractivity contribution in [2.45, 2.75) is 25.9 Å². The molecule has 6 nitrogen and oxygen atoms in total. The van der Waals surface area contributed by atoms with Crippen LogP contribution in [-0.4, -0.2) is 35.1 Å². The van der Waals surface area contributed by atoms with Crippen LogP contribution in [0.2, 0.25) is 0 Å². The van der Waals surface area contributed by atoms with Crippen molar-refractivity contribution in [1.82, 2.24) is 9.97 Å².